The monoisotopic (exact) mass is 409 g/mol. The molecule has 0 saturated heterocycles. The number of aromatic nitrogens is 1. The number of hydrogen-bond donors (Lipinski definition) is 0. The first-order valence-electron chi connectivity index (χ1n) is 8.60. The molecule has 9 heteroatoms. The van der Waals surface area contributed by atoms with Crippen molar-refractivity contribution in [1.29, 1.82) is 0 Å². The minimum absolute atomic E-state index is 0.00918. The smallest absolute Gasteiger partial charge is 0.272 e. The second kappa shape index (κ2) is 7.72. The number of allylic oxidation sites excluding steroid dienone is 1. The summed E-state index contributed by atoms with van der Waals surface area (Å²) >= 11 is 1.21. The lowest BCUT2D eigenvalue weighted by Gasteiger charge is -2.00. The topological polar surface area (TPSA) is 96.0 Å². The van der Waals surface area contributed by atoms with Crippen LogP contribution in [0, 0.1) is 10.1 Å². The van der Waals surface area contributed by atoms with Crippen molar-refractivity contribution < 1.29 is 19.2 Å². The van der Waals surface area contributed by atoms with E-state index >= 15 is 0 Å². The minimum Gasteiger partial charge on any atom is -0.454 e. The normalized spacial score (nSPS) is 13.3. The molecule has 0 fully saturated rings. The summed E-state index contributed by atoms with van der Waals surface area (Å²) in [6.45, 7) is 4.34. The van der Waals surface area contributed by atoms with Crippen molar-refractivity contribution >= 4 is 39.2 Å². The highest BCUT2D eigenvalue weighted by molar-refractivity contribution is 7.16. The number of ether oxygens (including phenoxy) is 2. The van der Waals surface area contributed by atoms with Crippen molar-refractivity contribution in [1.82, 2.24) is 4.57 Å². The summed E-state index contributed by atoms with van der Waals surface area (Å²) in [5.41, 5.74) is 1.53. The molecule has 0 radical (unpaired) electrons. The summed E-state index contributed by atoms with van der Waals surface area (Å²) in [6.07, 6.45) is 4.69. The SMILES string of the molecule is C=CCn1c(=NC(=O)/C=C\c2ccc3c(c2)OCO3)sc2cc([N+](=O)[O-])ccc21. The lowest BCUT2D eigenvalue weighted by Crippen LogP contribution is -2.15. The van der Waals surface area contributed by atoms with Gasteiger partial charge in [-0.15, -0.1) is 6.58 Å². The molecule has 2 aromatic carbocycles. The first-order chi connectivity index (χ1) is 14.0. The highest BCUT2D eigenvalue weighted by Gasteiger charge is 2.13. The second-order valence-corrected chi connectivity index (χ2v) is 7.10. The Morgan fingerprint density at radius 2 is 2.10 bits per heavy atom. The predicted molar refractivity (Wildman–Crippen MR) is 109 cm³/mol. The van der Waals surface area contributed by atoms with E-state index in [1.165, 1.54) is 29.5 Å². The van der Waals surface area contributed by atoms with Gasteiger partial charge in [-0.2, -0.15) is 4.99 Å². The van der Waals surface area contributed by atoms with Gasteiger partial charge in [0.2, 0.25) is 6.79 Å². The molecule has 1 amide bonds. The predicted octanol–water partition coefficient (Wildman–Crippen LogP) is 3.67. The van der Waals surface area contributed by atoms with Crippen molar-refractivity contribution in [2.45, 2.75) is 6.54 Å². The maximum atomic E-state index is 12.4. The van der Waals surface area contributed by atoms with Gasteiger partial charge >= 0.3 is 0 Å². The Morgan fingerprint density at radius 1 is 1.28 bits per heavy atom. The molecule has 1 aliphatic rings. The molecule has 0 atom stereocenters. The molecule has 8 nitrogen and oxygen atoms in total. The molecule has 146 valence electrons. The zero-order valence-corrected chi connectivity index (χ0v) is 15.9. The van der Waals surface area contributed by atoms with E-state index in [0.29, 0.717) is 27.5 Å². The third-order valence-electron chi connectivity index (χ3n) is 4.21. The molecule has 1 aromatic heterocycles. The van der Waals surface area contributed by atoms with Gasteiger partial charge in [-0.05, 0) is 29.8 Å². The summed E-state index contributed by atoms with van der Waals surface area (Å²) < 4.78 is 13.1. The van der Waals surface area contributed by atoms with Crippen LogP contribution in [0.25, 0.3) is 16.3 Å². The van der Waals surface area contributed by atoms with E-state index < -0.39 is 10.8 Å². The van der Waals surface area contributed by atoms with Crippen LogP contribution in [0.1, 0.15) is 5.56 Å². The zero-order chi connectivity index (χ0) is 20.4. The molecular weight excluding hydrogens is 394 g/mol. The maximum Gasteiger partial charge on any atom is 0.272 e. The number of benzene rings is 2. The van der Waals surface area contributed by atoms with Crippen LogP contribution in [0.3, 0.4) is 0 Å². The van der Waals surface area contributed by atoms with Gasteiger partial charge in [0.1, 0.15) is 0 Å². The van der Waals surface area contributed by atoms with Crippen molar-refractivity contribution in [3.05, 3.63) is 75.6 Å². The number of nitrogens with zero attached hydrogens (tertiary/aromatic N) is 3. The molecule has 1 aliphatic heterocycles. The summed E-state index contributed by atoms with van der Waals surface area (Å²) in [6, 6.07) is 9.93. The number of carbonyl (C=O) groups excluding carboxylic acids is 1. The summed E-state index contributed by atoms with van der Waals surface area (Å²) in [5.74, 6) is 0.857. The van der Waals surface area contributed by atoms with Gasteiger partial charge in [0, 0.05) is 24.8 Å². The van der Waals surface area contributed by atoms with E-state index in [9.17, 15) is 14.9 Å². The van der Waals surface area contributed by atoms with E-state index in [2.05, 4.69) is 11.6 Å². The van der Waals surface area contributed by atoms with Crippen molar-refractivity contribution in [2.75, 3.05) is 6.79 Å². The quantitative estimate of drug-likeness (QED) is 0.277. The lowest BCUT2D eigenvalue weighted by atomic mass is 10.2. The van der Waals surface area contributed by atoms with E-state index in [-0.39, 0.29) is 12.5 Å². The lowest BCUT2D eigenvalue weighted by molar-refractivity contribution is -0.384. The van der Waals surface area contributed by atoms with Gasteiger partial charge in [-0.25, -0.2) is 0 Å². The summed E-state index contributed by atoms with van der Waals surface area (Å²) in [4.78, 5) is 27.5. The minimum atomic E-state index is -0.451. The molecule has 3 aromatic rings. The van der Waals surface area contributed by atoms with Crippen LogP contribution in [0.2, 0.25) is 0 Å². The molecule has 0 saturated carbocycles. The van der Waals surface area contributed by atoms with Crippen LogP contribution >= 0.6 is 11.3 Å². The van der Waals surface area contributed by atoms with Crippen LogP contribution < -0.4 is 14.3 Å². The summed E-state index contributed by atoms with van der Waals surface area (Å²) in [5, 5.41) is 11.0. The molecule has 2 heterocycles. The van der Waals surface area contributed by atoms with Crippen LogP contribution in [0.5, 0.6) is 11.5 Å². The molecule has 29 heavy (non-hydrogen) atoms. The first-order valence-corrected chi connectivity index (χ1v) is 9.42. The Hall–Kier alpha value is -3.72. The fourth-order valence-electron chi connectivity index (χ4n) is 2.88. The Labute approximate surface area is 168 Å². The van der Waals surface area contributed by atoms with Gasteiger partial charge in [0.15, 0.2) is 16.3 Å². The molecule has 4 rings (SSSR count). The number of carbonyl (C=O) groups is 1. The Bertz CT molecular complexity index is 1240. The van der Waals surface area contributed by atoms with Gasteiger partial charge in [-0.3, -0.25) is 14.9 Å². The van der Waals surface area contributed by atoms with Crippen molar-refractivity contribution in [2.24, 2.45) is 4.99 Å². The van der Waals surface area contributed by atoms with E-state index in [0.717, 1.165) is 11.1 Å². The number of nitro benzene ring substituents is 1. The van der Waals surface area contributed by atoms with Gasteiger partial charge in [0.25, 0.3) is 11.6 Å². The highest BCUT2D eigenvalue weighted by atomic mass is 32.1. The van der Waals surface area contributed by atoms with Gasteiger partial charge in [0.05, 0.1) is 15.1 Å². The third kappa shape index (κ3) is 3.81. The average Bonchev–Trinajstić information content (AvgIpc) is 3.30. The standard InChI is InChI=1S/C20H15N3O5S/c1-2-9-22-15-6-5-14(23(25)26)11-18(15)29-20(22)21-19(24)8-4-13-3-7-16-17(10-13)28-12-27-16/h2-8,10-11H,1,9,12H2/b8-4-,21-20?. The number of fused-ring (bicyclic) bond motifs is 2. The number of nitro groups is 1. The Balaban J connectivity index is 1.67. The molecule has 0 spiro atoms. The Morgan fingerprint density at radius 3 is 2.90 bits per heavy atom. The largest absolute Gasteiger partial charge is 0.454 e. The van der Waals surface area contributed by atoms with Crippen LogP contribution in [-0.2, 0) is 11.3 Å². The number of thiazole rings is 1. The maximum absolute atomic E-state index is 12.4. The average molecular weight is 409 g/mol. The van der Waals surface area contributed by atoms with Crippen LogP contribution in [-0.4, -0.2) is 22.2 Å². The Kier molecular flexibility index (Phi) is 4.96. The number of non-ortho nitro benzene ring substituents is 1. The number of hydrogen-bond acceptors (Lipinski definition) is 6. The number of rotatable bonds is 5. The fourth-order valence-corrected chi connectivity index (χ4v) is 3.96. The van der Waals surface area contributed by atoms with E-state index in [4.69, 9.17) is 9.47 Å². The molecule has 0 bridgehead atoms. The fraction of sp³-hybridized carbons (Fsp3) is 0.100. The highest BCUT2D eigenvalue weighted by Crippen LogP contribution is 2.32. The number of amides is 1. The molecule has 0 N–H and O–H groups in total. The van der Waals surface area contributed by atoms with E-state index in [1.54, 1.807) is 34.9 Å². The van der Waals surface area contributed by atoms with Crippen molar-refractivity contribution in [3.8, 4) is 11.5 Å². The summed E-state index contributed by atoms with van der Waals surface area (Å²) in [7, 11) is 0. The van der Waals surface area contributed by atoms with Gasteiger partial charge < -0.3 is 14.0 Å². The van der Waals surface area contributed by atoms with Crippen molar-refractivity contribution in [3.63, 3.8) is 0 Å². The van der Waals surface area contributed by atoms with Gasteiger partial charge in [-0.1, -0.05) is 23.5 Å². The second-order valence-electron chi connectivity index (χ2n) is 6.09. The zero-order valence-electron chi connectivity index (χ0n) is 15.1. The molecule has 0 aliphatic carbocycles. The van der Waals surface area contributed by atoms with Crippen LogP contribution in [0.4, 0.5) is 5.69 Å². The molecule has 0 unspecified atom stereocenters. The third-order valence-corrected chi connectivity index (χ3v) is 5.25. The van der Waals surface area contributed by atoms with Crippen LogP contribution in [0.15, 0.2) is 60.1 Å². The van der Waals surface area contributed by atoms with E-state index in [1.807, 2.05) is 6.07 Å². The first kappa shape index (κ1) is 18.6. The molecular formula is C20H15N3O5S.